The number of nitrogens with one attached hydrogen (secondary N) is 1. The Bertz CT molecular complexity index is 1040. The molecule has 0 spiro atoms. The van der Waals surface area contributed by atoms with Crippen LogP contribution in [-0.2, 0) is 9.59 Å². The molecule has 29 heavy (non-hydrogen) atoms. The van der Waals surface area contributed by atoms with Crippen LogP contribution in [0, 0.1) is 0 Å². The van der Waals surface area contributed by atoms with E-state index >= 15 is 0 Å². The molecule has 2 amide bonds. The molecule has 1 N–H and O–H groups in total. The Balaban J connectivity index is 1.27. The number of carbonyl (C=O) groups is 2. The summed E-state index contributed by atoms with van der Waals surface area (Å²) in [6.45, 7) is 1.56. The molecule has 2 saturated heterocycles. The summed E-state index contributed by atoms with van der Waals surface area (Å²) in [6.07, 6.45) is 2.06. The van der Waals surface area contributed by atoms with E-state index in [4.69, 9.17) is 16.6 Å². The van der Waals surface area contributed by atoms with Crippen LogP contribution >= 0.6 is 11.6 Å². The molecule has 0 bridgehead atoms. The first-order chi connectivity index (χ1) is 14.1. The summed E-state index contributed by atoms with van der Waals surface area (Å²) in [5.41, 5.74) is 2.63. The summed E-state index contributed by atoms with van der Waals surface area (Å²) in [6, 6.07) is 14.5. The van der Waals surface area contributed by atoms with Crippen LogP contribution in [0.1, 0.15) is 31.0 Å². The molecule has 1 atom stereocenters. The van der Waals surface area contributed by atoms with Crippen LogP contribution in [0.5, 0.6) is 0 Å². The lowest BCUT2D eigenvalue weighted by molar-refractivity contribution is -0.123. The summed E-state index contributed by atoms with van der Waals surface area (Å²) in [7, 11) is 0. The zero-order chi connectivity index (χ0) is 20.0. The first-order valence-electron chi connectivity index (χ1n) is 9.91. The molecule has 2 aliphatic heterocycles. The second kappa shape index (κ2) is 7.28. The number of benzene rings is 2. The maximum absolute atomic E-state index is 13.0. The van der Waals surface area contributed by atoms with Crippen molar-refractivity contribution in [3.05, 3.63) is 59.4 Å². The minimum atomic E-state index is -0.380. The Morgan fingerprint density at radius 1 is 1.00 bits per heavy atom. The van der Waals surface area contributed by atoms with Crippen molar-refractivity contribution < 1.29 is 9.59 Å². The zero-order valence-corrected chi connectivity index (χ0v) is 16.6. The van der Waals surface area contributed by atoms with Crippen molar-refractivity contribution in [1.82, 2.24) is 14.9 Å². The van der Waals surface area contributed by atoms with Gasteiger partial charge in [-0.2, -0.15) is 0 Å². The van der Waals surface area contributed by atoms with Crippen LogP contribution in [0.15, 0.2) is 48.5 Å². The number of piperidine rings is 1. The Morgan fingerprint density at radius 2 is 1.72 bits per heavy atom. The van der Waals surface area contributed by atoms with E-state index in [0.29, 0.717) is 16.6 Å². The van der Waals surface area contributed by atoms with Gasteiger partial charge in [0.2, 0.25) is 5.91 Å². The number of halogens is 1. The highest BCUT2D eigenvalue weighted by Crippen LogP contribution is 2.32. The van der Waals surface area contributed by atoms with Gasteiger partial charge in [-0.1, -0.05) is 23.7 Å². The number of aromatic nitrogens is 2. The smallest absolute Gasteiger partial charge is 0.251 e. The van der Waals surface area contributed by atoms with Crippen LogP contribution in [0.2, 0.25) is 5.02 Å². The van der Waals surface area contributed by atoms with Crippen LogP contribution in [0.25, 0.3) is 11.0 Å². The second-order valence-corrected chi connectivity index (χ2v) is 8.15. The topological polar surface area (TPSA) is 69.3 Å². The highest BCUT2D eigenvalue weighted by molar-refractivity contribution is 6.30. The van der Waals surface area contributed by atoms with E-state index in [-0.39, 0.29) is 24.3 Å². The van der Waals surface area contributed by atoms with Gasteiger partial charge in [-0.15, -0.1) is 0 Å². The van der Waals surface area contributed by atoms with Gasteiger partial charge in [0, 0.05) is 10.9 Å². The number of hydrogen-bond acceptors (Lipinski definition) is 4. The van der Waals surface area contributed by atoms with Gasteiger partial charge >= 0.3 is 0 Å². The van der Waals surface area contributed by atoms with Crippen molar-refractivity contribution in [3.63, 3.8) is 0 Å². The van der Waals surface area contributed by atoms with Crippen LogP contribution < -0.4 is 4.90 Å². The van der Waals surface area contributed by atoms with Crippen molar-refractivity contribution in [2.45, 2.75) is 31.2 Å². The number of imide groups is 1. The van der Waals surface area contributed by atoms with E-state index in [1.807, 2.05) is 24.3 Å². The fourth-order valence-electron chi connectivity index (χ4n) is 4.41. The molecule has 3 aromatic rings. The number of nitrogens with zero attached hydrogens (tertiary/aromatic N) is 3. The molecule has 5 rings (SSSR count). The van der Waals surface area contributed by atoms with E-state index in [1.165, 1.54) is 4.90 Å². The molecule has 0 unspecified atom stereocenters. The number of rotatable bonds is 3. The van der Waals surface area contributed by atoms with Crippen LogP contribution in [-0.4, -0.2) is 45.8 Å². The number of anilines is 1. The fraction of sp³-hybridized carbons (Fsp3) is 0.318. The third kappa shape index (κ3) is 3.32. The van der Waals surface area contributed by atoms with Crippen molar-refractivity contribution in [3.8, 4) is 0 Å². The summed E-state index contributed by atoms with van der Waals surface area (Å²) in [4.78, 5) is 37.1. The Hall–Kier alpha value is -2.70. The zero-order valence-electron chi connectivity index (χ0n) is 15.8. The Morgan fingerprint density at radius 3 is 2.45 bits per heavy atom. The monoisotopic (exact) mass is 408 g/mol. The average Bonchev–Trinajstić information content (AvgIpc) is 3.30. The molecule has 2 aliphatic rings. The predicted molar refractivity (Wildman–Crippen MR) is 112 cm³/mol. The number of imidazole rings is 1. The molecular weight excluding hydrogens is 388 g/mol. The summed E-state index contributed by atoms with van der Waals surface area (Å²) in [5.74, 6) is 1.07. The molecule has 3 heterocycles. The van der Waals surface area contributed by atoms with Crippen molar-refractivity contribution in [1.29, 1.82) is 0 Å². The minimum absolute atomic E-state index is 0.139. The third-order valence-electron chi connectivity index (χ3n) is 5.97. The van der Waals surface area contributed by atoms with Crippen LogP contribution in [0.4, 0.5) is 5.69 Å². The van der Waals surface area contributed by atoms with Crippen molar-refractivity contribution in [2.24, 2.45) is 0 Å². The molecular formula is C22H21ClN4O2. The number of para-hydroxylation sites is 2. The van der Waals surface area contributed by atoms with Gasteiger partial charge in [0.05, 0.1) is 29.2 Å². The lowest BCUT2D eigenvalue weighted by Crippen LogP contribution is -2.45. The number of carbonyl (C=O) groups excluding carboxylic acids is 2. The lowest BCUT2D eigenvalue weighted by atomic mass is 9.95. The quantitative estimate of drug-likeness (QED) is 0.670. The van der Waals surface area contributed by atoms with E-state index in [0.717, 1.165) is 42.8 Å². The first-order valence-corrected chi connectivity index (χ1v) is 10.3. The van der Waals surface area contributed by atoms with E-state index < -0.39 is 0 Å². The van der Waals surface area contributed by atoms with E-state index in [2.05, 4.69) is 9.88 Å². The molecule has 6 nitrogen and oxygen atoms in total. The maximum Gasteiger partial charge on any atom is 0.251 e. The Kier molecular flexibility index (Phi) is 4.60. The highest BCUT2D eigenvalue weighted by atomic mass is 35.5. The number of hydrogen-bond donors (Lipinski definition) is 1. The number of H-pyrrole nitrogens is 1. The summed E-state index contributed by atoms with van der Waals surface area (Å²) < 4.78 is 0. The molecule has 7 heteroatoms. The van der Waals surface area contributed by atoms with Crippen molar-refractivity contribution in [2.75, 3.05) is 18.0 Å². The standard InChI is InChI=1S/C22H21ClN4O2/c23-15-5-7-16(8-6-15)27-20(28)13-19(22(27)29)26-11-9-14(10-12-26)21-24-17-3-1-2-4-18(17)25-21/h1-8,14,19H,9-13H2,(H,24,25)/t19-/m0/s1. The van der Waals surface area contributed by atoms with Crippen molar-refractivity contribution >= 4 is 40.1 Å². The highest BCUT2D eigenvalue weighted by Gasteiger charge is 2.43. The summed E-state index contributed by atoms with van der Waals surface area (Å²) >= 11 is 5.93. The maximum atomic E-state index is 13.0. The van der Waals surface area contributed by atoms with Gasteiger partial charge in [-0.25, -0.2) is 9.88 Å². The molecule has 148 valence electrons. The predicted octanol–water partition coefficient (Wildman–Crippen LogP) is 3.73. The van der Waals surface area contributed by atoms with Gasteiger partial charge in [0.1, 0.15) is 5.82 Å². The largest absolute Gasteiger partial charge is 0.342 e. The molecule has 0 radical (unpaired) electrons. The second-order valence-electron chi connectivity index (χ2n) is 7.71. The Labute approximate surface area is 173 Å². The van der Waals surface area contributed by atoms with Gasteiger partial charge in [-0.05, 0) is 62.3 Å². The number of amides is 2. The summed E-state index contributed by atoms with van der Waals surface area (Å²) in [5, 5.41) is 0.581. The molecule has 2 aromatic carbocycles. The van der Waals surface area contributed by atoms with E-state index in [9.17, 15) is 9.59 Å². The fourth-order valence-corrected chi connectivity index (χ4v) is 4.54. The number of fused-ring (bicyclic) bond motifs is 1. The molecule has 0 saturated carbocycles. The van der Waals surface area contributed by atoms with E-state index in [1.54, 1.807) is 24.3 Å². The lowest BCUT2D eigenvalue weighted by Gasteiger charge is -2.34. The van der Waals surface area contributed by atoms with Gasteiger partial charge < -0.3 is 4.98 Å². The van der Waals surface area contributed by atoms with Gasteiger partial charge in [-0.3, -0.25) is 14.5 Å². The molecule has 0 aliphatic carbocycles. The number of likely N-dealkylation sites (tertiary alicyclic amines) is 1. The number of aromatic amines is 1. The molecule has 2 fully saturated rings. The third-order valence-corrected chi connectivity index (χ3v) is 6.22. The van der Waals surface area contributed by atoms with Gasteiger partial charge in [0.15, 0.2) is 0 Å². The molecule has 1 aromatic heterocycles. The first kappa shape index (κ1) is 18.3. The van der Waals surface area contributed by atoms with Crippen LogP contribution in [0.3, 0.4) is 0 Å². The van der Waals surface area contributed by atoms with Gasteiger partial charge in [0.25, 0.3) is 5.91 Å². The normalized spacial score (nSPS) is 21.4. The average molecular weight is 409 g/mol. The minimum Gasteiger partial charge on any atom is -0.342 e. The SMILES string of the molecule is O=C1C[C@H](N2CCC(c3nc4ccccc4[nH]3)CC2)C(=O)N1c1ccc(Cl)cc1.